The highest BCUT2D eigenvalue weighted by Crippen LogP contribution is 2.35. The van der Waals surface area contributed by atoms with E-state index in [2.05, 4.69) is 26.0 Å². The van der Waals surface area contributed by atoms with Crippen LogP contribution in [0, 0.1) is 5.41 Å². The van der Waals surface area contributed by atoms with Crippen LogP contribution in [0.2, 0.25) is 0 Å². The molecule has 0 radical (unpaired) electrons. The molecule has 0 saturated carbocycles. The van der Waals surface area contributed by atoms with E-state index in [1.165, 1.54) is 12.8 Å². The largest absolute Gasteiger partial charge is 0.399 e. The van der Waals surface area contributed by atoms with Gasteiger partial charge in [0.1, 0.15) is 0 Å². The lowest BCUT2D eigenvalue weighted by Gasteiger charge is -2.29. The van der Waals surface area contributed by atoms with E-state index in [0.29, 0.717) is 5.41 Å². The molecule has 1 aliphatic carbocycles. The fraction of sp³-hybridized carbons (Fsp3) is 0.600. The summed E-state index contributed by atoms with van der Waals surface area (Å²) in [7, 11) is 0. The van der Waals surface area contributed by atoms with Gasteiger partial charge in [0.2, 0.25) is 0 Å². The topological polar surface area (TPSA) is 26.0 Å². The summed E-state index contributed by atoms with van der Waals surface area (Å²) in [5.41, 5.74) is 6.96. The van der Waals surface area contributed by atoms with Gasteiger partial charge in [-0.2, -0.15) is 0 Å². The molecule has 0 aliphatic heterocycles. The van der Waals surface area contributed by atoms with Gasteiger partial charge in [0.15, 0.2) is 0 Å². The van der Waals surface area contributed by atoms with E-state index in [1.807, 2.05) is 6.08 Å². The predicted octanol–water partition coefficient (Wildman–Crippen LogP) is 2.60. The maximum atomic E-state index is 5.64. The van der Waals surface area contributed by atoms with Crippen molar-refractivity contribution in [1.82, 2.24) is 0 Å². The smallest absolute Gasteiger partial charge is 0.0270 e. The average molecular weight is 151 g/mol. The van der Waals surface area contributed by atoms with E-state index in [1.54, 1.807) is 0 Å². The molecule has 1 rings (SSSR count). The van der Waals surface area contributed by atoms with Gasteiger partial charge in [0.05, 0.1) is 0 Å². The van der Waals surface area contributed by atoms with Gasteiger partial charge < -0.3 is 5.73 Å². The Morgan fingerprint density at radius 3 is 2.45 bits per heavy atom. The molecule has 0 spiro atoms. The van der Waals surface area contributed by atoms with Crippen molar-refractivity contribution >= 4 is 0 Å². The summed E-state index contributed by atoms with van der Waals surface area (Å²) < 4.78 is 0. The van der Waals surface area contributed by atoms with E-state index < -0.39 is 0 Å². The van der Waals surface area contributed by atoms with Crippen LogP contribution < -0.4 is 5.73 Å². The summed E-state index contributed by atoms with van der Waals surface area (Å²) in [6, 6.07) is 0. The van der Waals surface area contributed by atoms with Crippen LogP contribution in [-0.4, -0.2) is 0 Å². The van der Waals surface area contributed by atoms with Crippen molar-refractivity contribution < 1.29 is 0 Å². The maximum Gasteiger partial charge on any atom is 0.0270 e. The molecule has 0 unspecified atom stereocenters. The number of rotatable bonds is 2. The zero-order valence-corrected chi connectivity index (χ0v) is 7.43. The number of hydrogen-bond donors (Lipinski definition) is 1. The van der Waals surface area contributed by atoms with E-state index in [0.717, 1.165) is 12.1 Å². The lowest BCUT2D eigenvalue weighted by atomic mass is 9.77. The summed E-state index contributed by atoms with van der Waals surface area (Å²) in [6.45, 7) is 4.48. The first-order valence-corrected chi connectivity index (χ1v) is 4.37. The van der Waals surface area contributed by atoms with Crippen LogP contribution in [0.1, 0.15) is 33.1 Å². The standard InChI is InChI=1S/C10H17N/c1-3-10(4-2)7-5-9(11)6-8-10/h5-7H,3-4,8,11H2,1-2H3. The second-order valence-electron chi connectivity index (χ2n) is 3.31. The van der Waals surface area contributed by atoms with Gasteiger partial charge in [-0.15, -0.1) is 0 Å². The zero-order valence-electron chi connectivity index (χ0n) is 7.43. The van der Waals surface area contributed by atoms with Crippen LogP contribution in [0.4, 0.5) is 0 Å². The van der Waals surface area contributed by atoms with Crippen molar-refractivity contribution in [1.29, 1.82) is 0 Å². The quantitative estimate of drug-likeness (QED) is 0.645. The fourth-order valence-corrected chi connectivity index (χ4v) is 1.50. The average Bonchev–Trinajstić information content (AvgIpc) is 2.07. The molecule has 0 bridgehead atoms. The molecule has 2 N–H and O–H groups in total. The molecule has 0 atom stereocenters. The monoisotopic (exact) mass is 151 g/mol. The van der Waals surface area contributed by atoms with Crippen molar-refractivity contribution in [3.8, 4) is 0 Å². The van der Waals surface area contributed by atoms with Crippen molar-refractivity contribution in [2.75, 3.05) is 0 Å². The molecule has 0 heterocycles. The number of allylic oxidation sites excluding steroid dienone is 3. The minimum atomic E-state index is 0.406. The molecule has 0 amide bonds. The van der Waals surface area contributed by atoms with Gasteiger partial charge in [-0.1, -0.05) is 26.0 Å². The van der Waals surface area contributed by atoms with E-state index in [9.17, 15) is 0 Å². The first-order valence-electron chi connectivity index (χ1n) is 4.37. The third-order valence-corrected chi connectivity index (χ3v) is 2.78. The second kappa shape index (κ2) is 3.12. The molecule has 1 nitrogen and oxygen atoms in total. The van der Waals surface area contributed by atoms with Crippen molar-refractivity contribution in [2.45, 2.75) is 33.1 Å². The molecule has 62 valence electrons. The molecule has 0 saturated heterocycles. The van der Waals surface area contributed by atoms with Crippen LogP contribution in [0.15, 0.2) is 23.9 Å². The van der Waals surface area contributed by atoms with Crippen molar-refractivity contribution in [2.24, 2.45) is 11.1 Å². The van der Waals surface area contributed by atoms with E-state index in [-0.39, 0.29) is 0 Å². The Morgan fingerprint density at radius 2 is 2.09 bits per heavy atom. The first kappa shape index (κ1) is 8.38. The van der Waals surface area contributed by atoms with Crippen molar-refractivity contribution in [3.63, 3.8) is 0 Å². The Bertz CT molecular complexity index is 185. The maximum absolute atomic E-state index is 5.64. The highest BCUT2D eigenvalue weighted by molar-refractivity contribution is 5.23. The zero-order chi connectivity index (χ0) is 8.32. The van der Waals surface area contributed by atoms with Crippen LogP contribution >= 0.6 is 0 Å². The Balaban J connectivity index is 2.71. The van der Waals surface area contributed by atoms with Gasteiger partial charge >= 0.3 is 0 Å². The van der Waals surface area contributed by atoms with Crippen molar-refractivity contribution in [3.05, 3.63) is 23.9 Å². The number of nitrogens with two attached hydrogens (primary N) is 1. The van der Waals surface area contributed by atoms with Gasteiger partial charge in [-0.25, -0.2) is 0 Å². The van der Waals surface area contributed by atoms with Gasteiger partial charge in [0.25, 0.3) is 0 Å². The molecule has 0 aromatic rings. The van der Waals surface area contributed by atoms with Crippen LogP contribution in [0.25, 0.3) is 0 Å². The lowest BCUT2D eigenvalue weighted by Crippen LogP contribution is -2.18. The third kappa shape index (κ3) is 1.65. The van der Waals surface area contributed by atoms with Gasteiger partial charge in [-0.3, -0.25) is 0 Å². The normalized spacial score (nSPS) is 21.5. The van der Waals surface area contributed by atoms with Gasteiger partial charge in [0, 0.05) is 5.70 Å². The van der Waals surface area contributed by atoms with E-state index >= 15 is 0 Å². The summed E-state index contributed by atoms with van der Waals surface area (Å²) in [5.74, 6) is 0. The molecule has 1 aliphatic rings. The highest BCUT2D eigenvalue weighted by atomic mass is 14.6. The highest BCUT2D eigenvalue weighted by Gasteiger charge is 2.23. The van der Waals surface area contributed by atoms with Crippen LogP contribution in [0.5, 0.6) is 0 Å². The lowest BCUT2D eigenvalue weighted by molar-refractivity contribution is 0.353. The molecule has 0 fully saturated rings. The SMILES string of the molecule is CCC1(CC)C=CC(N)=CC1. The minimum Gasteiger partial charge on any atom is -0.399 e. The Hall–Kier alpha value is -0.720. The molecule has 11 heavy (non-hydrogen) atoms. The Labute approximate surface area is 69.0 Å². The molecule has 1 heteroatoms. The Kier molecular flexibility index (Phi) is 2.38. The molecular formula is C10H17N. The molecular weight excluding hydrogens is 134 g/mol. The third-order valence-electron chi connectivity index (χ3n) is 2.78. The minimum absolute atomic E-state index is 0.406. The Morgan fingerprint density at radius 1 is 1.45 bits per heavy atom. The molecule has 0 aromatic heterocycles. The summed E-state index contributed by atoms with van der Waals surface area (Å²) in [6.07, 6.45) is 9.97. The van der Waals surface area contributed by atoms with Crippen LogP contribution in [-0.2, 0) is 0 Å². The number of hydrogen-bond acceptors (Lipinski definition) is 1. The summed E-state index contributed by atoms with van der Waals surface area (Å²) in [5, 5.41) is 0. The second-order valence-corrected chi connectivity index (χ2v) is 3.31. The summed E-state index contributed by atoms with van der Waals surface area (Å²) in [4.78, 5) is 0. The van der Waals surface area contributed by atoms with Gasteiger partial charge in [-0.05, 0) is 30.8 Å². The van der Waals surface area contributed by atoms with Crippen LogP contribution in [0.3, 0.4) is 0 Å². The predicted molar refractivity (Wildman–Crippen MR) is 49.0 cm³/mol. The first-order chi connectivity index (χ1) is 5.22. The fourth-order valence-electron chi connectivity index (χ4n) is 1.50. The van der Waals surface area contributed by atoms with E-state index in [4.69, 9.17) is 5.73 Å². The molecule has 0 aromatic carbocycles. The summed E-state index contributed by atoms with van der Waals surface area (Å²) >= 11 is 0.